The third kappa shape index (κ3) is 3.69. The molecule has 2 heterocycles. The van der Waals surface area contributed by atoms with Gasteiger partial charge in [0.2, 0.25) is 0 Å². The number of ether oxygens (including phenoxy) is 4. The van der Waals surface area contributed by atoms with Gasteiger partial charge >= 0.3 is 0 Å². The molecule has 0 saturated carbocycles. The molecular formula is C25H22O9. The summed E-state index contributed by atoms with van der Waals surface area (Å²) in [6, 6.07) is 12.2. The Bertz CT molecular complexity index is 1270. The van der Waals surface area contributed by atoms with Gasteiger partial charge in [0.1, 0.15) is 28.9 Å². The average molecular weight is 466 g/mol. The van der Waals surface area contributed by atoms with Crippen LogP contribution in [0.25, 0.3) is 0 Å². The van der Waals surface area contributed by atoms with Crippen LogP contribution in [-0.4, -0.2) is 46.0 Å². The molecule has 176 valence electrons. The van der Waals surface area contributed by atoms with E-state index in [9.17, 15) is 25.2 Å². The van der Waals surface area contributed by atoms with E-state index in [2.05, 4.69) is 0 Å². The van der Waals surface area contributed by atoms with Gasteiger partial charge in [0.15, 0.2) is 41.0 Å². The number of aliphatic hydroxyl groups excluding tert-OH is 1. The van der Waals surface area contributed by atoms with E-state index < -0.39 is 18.3 Å². The Labute approximate surface area is 194 Å². The molecule has 4 N–H and O–H groups in total. The number of aliphatic hydroxyl groups is 1. The molecule has 34 heavy (non-hydrogen) atoms. The minimum absolute atomic E-state index is 0.0111. The maximum Gasteiger partial charge on any atom is 0.174 e. The lowest BCUT2D eigenvalue weighted by Crippen LogP contribution is -2.36. The SMILES string of the molecule is COc1cc([C@H]2Oc3cc([C@H]4CC(=O)c5c(O)cc(O)cc5O4)ccc3O[C@@H]2CO)ccc1O. The number of Topliss-reactive ketones (excluding diaryl/α,β-unsaturated/α-hetero) is 1. The number of aromatic hydroxyl groups is 3. The van der Waals surface area contributed by atoms with Gasteiger partial charge in [-0.05, 0) is 29.8 Å². The van der Waals surface area contributed by atoms with Crippen LogP contribution in [0.4, 0.5) is 0 Å². The lowest BCUT2D eigenvalue weighted by atomic mass is 9.95. The van der Waals surface area contributed by atoms with Crippen molar-refractivity contribution in [3.05, 3.63) is 65.2 Å². The summed E-state index contributed by atoms with van der Waals surface area (Å²) in [6.07, 6.45) is -2.07. The lowest BCUT2D eigenvalue weighted by Gasteiger charge is -2.34. The highest BCUT2D eigenvalue weighted by Gasteiger charge is 2.35. The predicted molar refractivity (Wildman–Crippen MR) is 118 cm³/mol. The second kappa shape index (κ2) is 8.35. The zero-order valence-electron chi connectivity index (χ0n) is 18.1. The first kappa shape index (κ1) is 21.7. The molecular weight excluding hydrogens is 444 g/mol. The summed E-state index contributed by atoms with van der Waals surface area (Å²) in [5.74, 6) is 0.287. The standard InChI is InChI=1S/C25H22O9/c1-31-20-7-13(2-4-15(20)28)25-23(11-26)32-18-5-3-12(6-21(18)34-25)19-10-17(30)24-16(29)8-14(27)9-22(24)33-19/h2-9,19,23,25-29H,10-11H2,1H3/t19-,23-,25-/m1/s1. The largest absolute Gasteiger partial charge is 0.508 e. The van der Waals surface area contributed by atoms with Crippen LogP contribution in [0.1, 0.15) is 40.1 Å². The van der Waals surface area contributed by atoms with Crippen LogP contribution in [0, 0.1) is 0 Å². The first-order chi connectivity index (χ1) is 16.4. The van der Waals surface area contributed by atoms with Gasteiger partial charge in [-0.25, -0.2) is 0 Å². The minimum atomic E-state index is -0.696. The van der Waals surface area contributed by atoms with E-state index >= 15 is 0 Å². The molecule has 0 amide bonds. The number of carbonyl (C=O) groups excluding carboxylic acids is 1. The molecule has 0 saturated heterocycles. The number of ketones is 1. The van der Waals surface area contributed by atoms with Crippen LogP contribution >= 0.6 is 0 Å². The summed E-state index contributed by atoms with van der Waals surface area (Å²) >= 11 is 0. The Balaban J connectivity index is 1.46. The van der Waals surface area contributed by atoms with Crippen molar-refractivity contribution >= 4 is 5.78 Å². The summed E-state index contributed by atoms with van der Waals surface area (Å²) in [7, 11) is 1.44. The summed E-state index contributed by atoms with van der Waals surface area (Å²) in [5.41, 5.74) is 1.31. The number of carbonyl (C=O) groups is 1. The van der Waals surface area contributed by atoms with E-state index in [4.69, 9.17) is 18.9 Å². The van der Waals surface area contributed by atoms with Crippen molar-refractivity contribution in [3.63, 3.8) is 0 Å². The van der Waals surface area contributed by atoms with Crippen molar-refractivity contribution in [1.29, 1.82) is 0 Å². The highest BCUT2D eigenvalue weighted by Crippen LogP contribution is 2.45. The van der Waals surface area contributed by atoms with Gasteiger partial charge in [-0.3, -0.25) is 4.79 Å². The van der Waals surface area contributed by atoms with Gasteiger partial charge in [0.05, 0.1) is 20.1 Å². The van der Waals surface area contributed by atoms with Crippen LogP contribution in [0.15, 0.2) is 48.5 Å². The molecule has 9 nitrogen and oxygen atoms in total. The predicted octanol–water partition coefficient (Wildman–Crippen LogP) is 3.39. The number of fused-ring (bicyclic) bond motifs is 2. The van der Waals surface area contributed by atoms with Gasteiger partial charge in [-0.1, -0.05) is 12.1 Å². The Morgan fingerprint density at radius 3 is 2.44 bits per heavy atom. The highest BCUT2D eigenvalue weighted by molar-refractivity contribution is 6.02. The second-order valence-electron chi connectivity index (χ2n) is 8.09. The maximum absolute atomic E-state index is 12.7. The Morgan fingerprint density at radius 1 is 0.882 bits per heavy atom. The summed E-state index contributed by atoms with van der Waals surface area (Å²) in [6.45, 7) is -0.306. The molecule has 9 heteroatoms. The third-order valence-electron chi connectivity index (χ3n) is 5.91. The molecule has 0 unspecified atom stereocenters. The molecule has 0 spiro atoms. The molecule has 3 atom stereocenters. The highest BCUT2D eigenvalue weighted by atomic mass is 16.6. The fraction of sp³-hybridized carbons (Fsp3) is 0.240. The number of phenols is 3. The van der Waals surface area contributed by atoms with Crippen LogP contribution in [0.2, 0.25) is 0 Å². The van der Waals surface area contributed by atoms with Gasteiger partial charge < -0.3 is 39.4 Å². The topological polar surface area (TPSA) is 135 Å². The lowest BCUT2D eigenvalue weighted by molar-refractivity contribution is -0.0126. The minimum Gasteiger partial charge on any atom is -0.508 e. The molecule has 0 radical (unpaired) electrons. The Morgan fingerprint density at radius 2 is 1.68 bits per heavy atom. The number of rotatable bonds is 4. The van der Waals surface area contributed by atoms with Gasteiger partial charge in [0, 0.05) is 17.7 Å². The molecule has 5 rings (SSSR count). The van der Waals surface area contributed by atoms with Gasteiger partial charge in [-0.2, -0.15) is 0 Å². The summed E-state index contributed by atoms with van der Waals surface area (Å²) in [4.78, 5) is 12.7. The normalized spacial score (nSPS) is 20.9. The molecule has 0 aliphatic carbocycles. The third-order valence-corrected chi connectivity index (χ3v) is 5.91. The van der Waals surface area contributed by atoms with Crippen molar-refractivity contribution in [3.8, 4) is 40.2 Å². The van der Waals surface area contributed by atoms with Crippen molar-refractivity contribution < 1.29 is 44.2 Å². The zero-order valence-corrected chi connectivity index (χ0v) is 18.1. The van der Waals surface area contributed by atoms with E-state index in [0.717, 1.165) is 6.07 Å². The fourth-order valence-corrected chi connectivity index (χ4v) is 4.25. The van der Waals surface area contributed by atoms with Crippen LogP contribution < -0.4 is 18.9 Å². The van der Waals surface area contributed by atoms with Crippen molar-refractivity contribution in [2.75, 3.05) is 13.7 Å². The van der Waals surface area contributed by atoms with Crippen LogP contribution in [0.3, 0.4) is 0 Å². The van der Waals surface area contributed by atoms with Gasteiger partial charge in [-0.15, -0.1) is 0 Å². The first-order valence-corrected chi connectivity index (χ1v) is 10.6. The number of phenolic OH excluding ortho intramolecular Hbond substituents is 3. The number of hydrogen-bond donors (Lipinski definition) is 4. The van der Waals surface area contributed by atoms with E-state index in [1.54, 1.807) is 30.3 Å². The first-order valence-electron chi connectivity index (χ1n) is 10.6. The second-order valence-corrected chi connectivity index (χ2v) is 8.09. The molecule has 2 aliphatic rings. The summed E-state index contributed by atoms with van der Waals surface area (Å²) in [5, 5.41) is 39.6. The monoisotopic (exact) mass is 466 g/mol. The van der Waals surface area contributed by atoms with Crippen molar-refractivity contribution in [2.45, 2.75) is 24.7 Å². The van der Waals surface area contributed by atoms with E-state index in [1.807, 2.05) is 0 Å². The Hall–Kier alpha value is -4.11. The van der Waals surface area contributed by atoms with E-state index in [0.29, 0.717) is 22.6 Å². The number of hydrogen-bond acceptors (Lipinski definition) is 9. The Kier molecular flexibility index (Phi) is 5.33. The van der Waals surface area contributed by atoms with Gasteiger partial charge in [0.25, 0.3) is 0 Å². The van der Waals surface area contributed by atoms with E-state index in [-0.39, 0.29) is 53.1 Å². The molecule has 3 aromatic rings. The zero-order chi connectivity index (χ0) is 24.0. The molecule has 0 aromatic heterocycles. The molecule has 0 bridgehead atoms. The fourth-order valence-electron chi connectivity index (χ4n) is 4.25. The smallest absolute Gasteiger partial charge is 0.174 e. The number of benzene rings is 3. The quantitative estimate of drug-likeness (QED) is 0.456. The average Bonchev–Trinajstić information content (AvgIpc) is 2.82. The number of methoxy groups -OCH3 is 1. The van der Waals surface area contributed by atoms with Crippen molar-refractivity contribution in [2.24, 2.45) is 0 Å². The molecule has 3 aromatic carbocycles. The maximum atomic E-state index is 12.7. The van der Waals surface area contributed by atoms with Crippen molar-refractivity contribution in [1.82, 2.24) is 0 Å². The van der Waals surface area contributed by atoms with Crippen LogP contribution in [0.5, 0.6) is 40.2 Å². The molecule has 2 aliphatic heterocycles. The molecule has 0 fully saturated rings. The summed E-state index contributed by atoms with van der Waals surface area (Å²) < 4.78 is 23.2. The van der Waals surface area contributed by atoms with E-state index in [1.165, 1.54) is 19.2 Å². The van der Waals surface area contributed by atoms with Crippen LogP contribution in [-0.2, 0) is 0 Å².